The number of nitrogens with zero attached hydrogens (tertiary/aromatic N) is 1. The lowest BCUT2D eigenvalue weighted by Gasteiger charge is -2.44. The number of esters is 1. The summed E-state index contributed by atoms with van der Waals surface area (Å²) in [5.74, 6) is 0.0967. The summed E-state index contributed by atoms with van der Waals surface area (Å²) in [6, 6.07) is 21.2. The van der Waals surface area contributed by atoms with Gasteiger partial charge in [-0.3, -0.25) is 9.69 Å². The van der Waals surface area contributed by atoms with Gasteiger partial charge in [0.15, 0.2) is 0 Å². The first kappa shape index (κ1) is 18.2. The van der Waals surface area contributed by atoms with Crippen molar-refractivity contribution in [2.75, 3.05) is 19.7 Å². The van der Waals surface area contributed by atoms with Crippen LogP contribution in [-0.2, 0) is 15.1 Å². The zero-order valence-electron chi connectivity index (χ0n) is 16.0. The average molecular weight is 364 g/mol. The summed E-state index contributed by atoms with van der Waals surface area (Å²) < 4.78 is 5.95. The third-order valence-electron chi connectivity index (χ3n) is 5.98. The van der Waals surface area contributed by atoms with Crippen molar-refractivity contribution in [1.29, 1.82) is 0 Å². The van der Waals surface area contributed by atoms with E-state index < -0.39 is 5.54 Å². The lowest BCUT2D eigenvalue weighted by molar-refractivity contribution is -0.149. The fourth-order valence-corrected chi connectivity index (χ4v) is 4.28. The predicted octanol–water partition coefficient (Wildman–Crippen LogP) is 4.76. The molecule has 142 valence electrons. The normalized spacial score (nSPS) is 18.7. The molecule has 0 radical (unpaired) electrons. The number of carbonyl (C=O) groups excluding carboxylic acids is 1. The van der Waals surface area contributed by atoms with Crippen LogP contribution in [0.4, 0.5) is 0 Å². The monoisotopic (exact) mass is 363 g/mol. The second-order valence-electron chi connectivity index (χ2n) is 7.88. The molecule has 2 fully saturated rings. The fourth-order valence-electron chi connectivity index (χ4n) is 4.28. The van der Waals surface area contributed by atoms with Crippen molar-refractivity contribution in [3.05, 3.63) is 71.8 Å². The maximum Gasteiger partial charge on any atom is 0.309 e. The first-order valence-electron chi connectivity index (χ1n) is 10.3. The molecular weight excluding hydrogens is 334 g/mol. The predicted molar refractivity (Wildman–Crippen MR) is 107 cm³/mol. The highest BCUT2D eigenvalue weighted by molar-refractivity contribution is 5.75. The molecule has 3 heteroatoms. The van der Waals surface area contributed by atoms with E-state index in [2.05, 4.69) is 65.6 Å². The second-order valence-corrected chi connectivity index (χ2v) is 7.88. The molecule has 1 heterocycles. The third-order valence-corrected chi connectivity index (χ3v) is 5.98. The van der Waals surface area contributed by atoms with Crippen molar-refractivity contribution in [2.24, 2.45) is 5.92 Å². The van der Waals surface area contributed by atoms with E-state index in [-0.39, 0.29) is 11.9 Å². The van der Waals surface area contributed by atoms with Crippen LogP contribution in [0.15, 0.2) is 60.7 Å². The van der Waals surface area contributed by atoms with Crippen LogP contribution in [0.5, 0.6) is 0 Å². The Morgan fingerprint density at radius 1 is 0.852 bits per heavy atom. The quantitative estimate of drug-likeness (QED) is 0.693. The minimum atomic E-state index is -0.419. The van der Waals surface area contributed by atoms with E-state index in [9.17, 15) is 4.79 Å². The van der Waals surface area contributed by atoms with Gasteiger partial charge in [-0.1, -0.05) is 73.5 Å². The summed E-state index contributed by atoms with van der Waals surface area (Å²) >= 11 is 0. The van der Waals surface area contributed by atoms with Gasteiger partial charge in [0, 0.05) is 0 Å². The van der Waals surface area contributed by atoms with Gasteiger partial charge in [0.2, 0.25) is 0 Å². The molecule has 0 unspecified atom stereocenters. The molecule has 1 aliphatic heterocycles. The molecule has 0 atom stereocenters. The van der Waals surface area contributed by atoms with Crippen LogP contribution >= 0.6 is 0 Å². The minimum absolute atomic E-state index is 0.0268. The van der Waals surface area contributed by atoms with Crippen molar-refractivity contribution < 1.29 is 9.53 Å². The molecule has 0 aromatic heterocycles. The van der Waals surface area contributed by atoms with E-state index in [1.165, 1.54) is 36.8 Å². The molecule has 0 spiro atoms. The van der Waals surface area contributed by atoms with Gasteiger partial charge in [-0.2, -0.15) is 0 Å². The molecule has 2 aromatic rings. The van der Waals surface area contributed by atoms with Crippen LogP contribution in [0.2, 0.25) is 0 Å². The molecule has 0 bridgehead atoms. The summed E-state index contributed by atoms with van der Waals surface area (Å²) in [5, 5.41) is 0. The summed E-state index contributed by atoms with van der Waals surface area (Å²) in [7, 11) is 0. The topological polar surface area (TPSA) is 29.5 Å². The zero-order chi connectivity index (χ0) is 18.5. The fraction of sp³-hybridized carbons (Fsp3) is 0.458. The highest BCUT2D eigenvalue weighted by atomic mass is 16.5. The van der Waals surface area contributed by atoms with Crippen LogP contribution < -0.4 is 0 Å². The smallest absolute Gasteiger partial charge is 0.309 e. The van der Waals surface area contributed by atoms with E-state index in [0.717, 1.165) is 25.9 Å². The Kier molecular flexibility index (Phi) is 5.58. The van der Waals surface area contributed by atoms with Gasteiger partial charge in [0.1, 0.15) is 12.1 Å². The van der Waals surface area contributed by atoms with Gasteiger partial charge in [0.05, 0.1) is 5.92 Å². The molecule has 1 saturated heterocycles. The molecule has 3 nitrogen and oxygen atoms in total. The number of benzene rings is 2. The van der Waals surface area contributed by atoms with Gasteiger partial charge >= 0.3 is 5.97 Å². The van der Waals surface area contributed by atoms with E-state index in [4.69, 9.17) is 4.74 Å². The molecule has 0 amide bonds. The highest BCUT2D eigenvalue weighted by Crippen LogP contribution is 2.39. The highest BCUT2D eigenvalue weighted by Gasteiger charge is 2.43. The van der Waals surface area contributed by atoms with Gasteiger partial charge in [-0.25, -0.2) is 0 Å². The Hall–Kier alpha value is -2.13. The van der Waals surface area contributed by atoms with Gasteiger partial charge < -0.3 is 4.74 Å². The molecule has 4 rings (SSSR count). The summed E-state index contributed by atoms with van der Waals surface area (Å²) in [6.07, 6.45) is 6.89. The average Bonchev–Trinajstić information content (AvgIpc) is 3.58. The first-order valence-corrected chi connectivity index (χ1v) is 10.3. The Morgan fingerprint density at radius 3 is 1.85 bits per heavy atom. The Bertz CT molecular complexity index is 692. The number of likely N-dealkylation sites (tertiary alicyclic amines) is 1. The van der Waals surface area contributed by atoms with Crippen molar-refractivity contribution in [3.8, 4) is 0 Å². The standard InChI is InChI=1S/C24H29NO2/c26-23(20-15-16-20)27-19-24(21-11-5-3-6-12-21,22-13-7-4-8-14-22)25-17-9-1-2-10-18-25/h3-8,11-14,20H,1-2,9-10,15-19H2. The lowest BCUT2D eigenvalue weighted by atomic mass is 9.81. The maximum absolute atomic E-state index is 12.4. The number of rotatable bonds is 6. The maximum atomic E-state index is 12.4. The second kappa shape index (κ2) is 8.26. The van der Waals surface area contributed by atoms with Crippen LogP contribution in [0.1, 0.15) is 49.7 Å². The summed E-state index contributed by atoms with van der Waals surface area (Å²) in [6.45, 7) is 2.45. The van der Waals surface area contributed by atoms with Crippen LogP contribution in [0.3, 0.4) is 0 Å². The van der Waals surface area contributed by atoms with E-state index in [0.29, 0.717) is 6.61 Å². The largest absolute Gasteiger partial charge is 0.463 e. The number of carbonyl (C=O) groups is 1. The van der Waals surface area contributed by atoms with Crippen LogP contribution in [0, 0.1) is 5.92 Å². The molecular formula is C24H29NO2. The summed E-state index contributed by atoms with van der Waals surface area (Å²) in [5.41, 5.74) is 2.00. The van der Waals surface area contributed by atoms with Crippen molar-refractivity contribution in [2.45, 2.75) is 44.1 Å². The molecule has 1 aliphatic carbocycles. The molecule has 2 aromatic carbocycles. The van der Waals surface area contributed by atoms with Gasteiger partial charge in [-0.15, -0.1) is 0 Å². The van der Waals surface area contributed by atoms with Crippen LogP contribution in [-0.4, -0.2) is 30.6 Å². The van der Waals surface area contributed by atoms with Crippen molar-refractivity contribution in [1.82, 2.24) is 4.90 Å². The minimum Gasteiger partial charge on any atom is -0.463 e. The Labute approximate surface area is 162 Å². The number of ether oxygens (including phenoxy) is 1. The molecule has 27 heavy (non-hydrogen) atoms. The molecule has 1 saturated carbocycles. The zero-order valence-corrected chi connectivity index (χ0v) is 16.0. The van der Waals surface area contributed by atoms with Crippen molar-refractivity contribution >= 4 is 5.97 Å². The Morgan fingerprint density at radius 2 is 1.37 bits per heavy atom. The number of hydrogen-bond acceptors (Lipinski definition) is 3. The van der Waals surface area contributed by atoms with E-state index in [1.54, 1.807) is 0 Å². The van der Waals surface area contributed by atoms with E-state index >= 15 is 0 Å². The third kappa shape index (κ3) is 3.93. The van der Waals surface area contributed by atoms with Gasteiger partial charge in [-0.05, 0) is 49.9 Å². The first-order chi connectivity index (χ1) is 13.3. The van der Waals surface area contributed by atoms with Crippen LogP contribution in [0.25, 0.3) is 0 Å². The number of hydrogen-bond donors (Lipinski definition) is 0. The van der Waals surface area contributed by atoms with Crippen molar-refractivity contribution in [3.63, 3.8) is 0 Å². The van der Waals surface area contributed by atoms with E-state index in [1.807, 2.05) is 0 Å². The summed E-state index contributed by atoms with van der Waals surface area (Å²) in [4.78, 5) is 15.0. The SMILES string of the molecule is O=C(OCC(c1ccccc1)(c1ccccc1)N1CCCCCC1)C1CC1. The Balaban J connectivity index is 1.77. The van der Waals surface area contributed by atoms with Gasteiger partial charge in [0.25, 0.3) is 0 Å². The molecule has 0 N–H and O–H groups in total. The lowest BCUT2D eigenvalue weighted by Crippen LogP contribution is -2.51. The molecule has 2 aliphatic rings.